The van der Waals surface area contributed by atoms with Gasteiger partial charge < -0.3 is 4.74 Å². The number of hydrazone groups is 1. The van der Waals surface area contributed by atoms with Crippen LogP contribution in [0.15, 0.2) is 34.2 Å². The average Bonchev–Trinajstić information content (AvgIpc) is 2.53. The highest BCUT2D eigenvalue weighted by Crippen LogP contribution is 2.11. The van der Waals surface area contributed by atoms with E-state index in [4.69, 9.17) is 4.74 Å². The number of benzene rings is 1. The van der Waals surface area contributed by atoms with E-state index in [2.05, 4.69) is 32.6 Å². The van der Waals surface area contributed by atoms with E-state index in [1.165, 1.54) is 0 Å². The van der Waals surface area contributed by atoms with Crippen molar-refractivity contribution in [3.8, 4) is 5.75 Å². The van der Waals surface area contributed by atoms with Crippen molar-refractivity contribution in [1.82, 2.24) is 15.2 Å². The van der Waals surface area contributed by atoms with Gasteiger partial charge in [-0.25, -0.2) is 5.43 Å². The molecular weight excluding hydrogens is 282 g/mol. The SMILES string of the molecule is CCCCOc1ccc(/C=N/Nc2nnc(C)c(=O)[nH]2)cc1. The lowest BCUT2D eigenvalue weighted by Crippen LogP contribution is -2.15. The Balaban J connectivity index is 1.89. The lowest BCUT2D eigenvalue weighted by atomic mass is 10.2. The van der Waals surface area contributed by atoms with Crippen LogP contribution in [0.4, 0.5) is 5.95 Å². The van der Waals surface area contributed by atoms with Gasteiger partial charge in [0.1, 0.15) is 11.4 Å². The number of aryl methyl sites for hydroxylation is 1. The predicted molar refractivity (Wildman–Crippen MR) is 85.5 cm³/mol. The average molecular weight is 301 g/mol. The van der Waals surface area contributed by atoms with Gasteiger partial charge >= 0.3 is 0 Å². The standard InChI is InChI=1S/C15H19N5O2/c1-3-4-9-22-13-7-5-12(6-8-13)10-16-19-15-17-14(21)11(2)18-20-15/h5-8,10H,3-4,9H2,1-2H3,(H2,17,19,20,21)/b16-10+. The van der Waals surface area contributed by atoms with Gasteiger partial charge in [0.05, 0.1) is 12.8 Å². The fourth-order valence-electron chi connectivity index (χ4n) is 1.60. The van der Waals surface area contributed by atoms with Crippen LogP contribution >= 0.6 is 0 Å². The zero-order chi connectivity index (χ0) is 15.8. The highest BCUT2D eigenvalue weighted by molar-refractivity contribution is 5.80. The fraction of sp³-hybridized carbons (Fsp3) is 0.333. The first-order valence-electron chi connectivity index (χ1n) is 7.14. The number of unbranched alkanes of at least 4 members (excludes halogenated alkanes) is 1. The molecule has 0 bridgehead atoms. The molecule has 0 unspecified atom stereocenters. The van der Waals surface area contributed by atoms with Gasteiger partial charge in [0, 0.05) is 0 Å². The van der Waals surface area contributed by atoms with E-state index in [9.17, 15) is 4.79 Å². The molecule has 0 saturated heterocycles. The van der Waals surface area contributed by atoms with Gasteiger partial charge in [0.15, 0.2) is 0 Å². The molecule has 0 aliphatic carbocycles. The first kappa shape index (κ1) is 15.7. The summed E-state index contributed by atoms with van der Waals surface area (Å²) in [5.41, 5.74) is 3.55. The second-order valence-corrected chi connectivity index (χ2v) is 4.73. The molecule has 0 atom stereocenters. The Bertz CT molecular complexity index is 679. The Morgan fingerprint density at radius 2 is 2.09 bits per heavy atom. The number of aromatic amines is 1. The summed E-state index contributed by atoms with van der Waals surface area (Å²) in [6.07, 6.45) is 3.78. The molecule has 2 aromatic rings. The third-order valence-corrected chi connectivity index (χ3v) is 2.89. The molecule has 1 heterocycles. The number of nitrogens with one attached hydrogen (secondary N) is 2. The van der Waals surface area contributed by atoms with Crippen molar-refractivity contribution in [2.75, 3.05) is 12.0 Å². The third kappa shape index (κ3) is 4.69. The second kappa shape index (κ2) is 7.92. The number of anilines is 1. The molecule has 1 aromatic carbocycles. The highest BCUT2D eigenvalue weighted by Gasteiger charge is 1.98. The summed E-state index contributed by atoms with van der Waals surface area (Å²) in [4.78, 5) is 13.9. The molecule has 0 amide bonds. The molecule has 2 rings (SSSR count). The van der Waals surface area contributed by atoms with Crippen LogP contribution in [-0.4, -0.2) is 28.0 Å². The molecule has 0 radical (unpaired) electrons. The maximum Gasteiger partial charge on any atom is 0.274 e. The van der Waals surface area contributed by atoms with E-state index in [-0.39, 0.29) is 11.5 Å². The molecule has 0 fully saturated rings. The Hall–Kier alpha value is -2.70. The molecule has 0 spiro atoms. The van der Waals surface area contributed by atoms with Crippen LogP contribution in [0.3, 0.4) is 0 Å². The van der Waals surface area contributed by atoms with E-state index < -0.39 is 0 Å². The number of ether oxygens (including phenoxy) is 1. The van der Waals surface area contributed by atoms with E-state index in [1.807, 2.05) is 24.3 Å². The van der Waals surface area contributed by atoms with Crippen LogP contribution in [0.1, 0.15) is 31.0 Å². The molecular formula is C15H19N5O2. The summed E-state index contributed by atoms with van der Waals surface area (Å²) in [6, 6.07) is 7.58. The Labute approximate surface area is 128 Å². The maximum absolute atomic E-state index is 11.4. The first-order valence-corrected chi connectivity index (χ1v) is 7.14. The number of hydrogen-bond acceptors (Lipinski definition) is 6. The molecule has 2 N–H and O–H groups in total. The number of hydrogen-bond donors (Lipinski definition) is 2. The summed E-state index contributed by atoms with van der Waals surface area (Å²) in [6.45, 7) is 4.44. The van der Waals surface area contributed by atoms with Crippen LogP contribution in [0, 0.1) is 6.92 Å². The first-order chi connectivity index (χ1) is 10.7. The molecule has 22 heavy (non-hydrogen) atoms. The zero-order valence-corrected chi connectivity index (χ0v) is 12.7. The lowest BCUT2D eigenvalue weighted by molar-refractivity contribution is 0.309. The molecule has 0 aliphatic rings. The number of rotatable bonds is 7. The van der Waals surface area contributed by atoms with Gasteiger partial charge in [-0.2, -0.15) is 5.10 Å². The summed E-state index contributed by atoms with van der Waals surface area (Å²) in [5, 5.41) is 11.5. The van der Waals surface area contributed by atoms with Crippen molar-refractivity contribution in [1.29, 1.82) is 0 Å². The van der Waals surface area contributed by atoms with Crippen molar-refractivity contribution in [2.24, 2.45) is 5.10 Å². The monoisotopic (exact) mass is 301 g/mol. The van der Waals surface area contributed by atoms with Crippen molar-refractivity contribution in [3.05, 3.63) is 45.9 Å². The molecule has 0 saturated carbocycles. The van der Waals surface area contributed by atoms with Crippen molar-refractivity contribution in [2.45, 2.75) is 26.7 Å². The summed E-state index contributed by atoms with van der Waals surface area (Å²) >= 11 is 0. The van der Waals surface area contributed by atoms with Crippen molar-refractivity contribution >= 4 is 12.2 Å². The Morgan fingerprint density at radius 1 is 1.32 bits per heavy atom. The second-order valence-electron chi connectivity index (χ2n) is 4.73. The van der Waals surface area contributed by atoms with Crippen LogP contribution < -0.4 is 15.7 Å². The number of nitrogens with zero attached hydrogens (tertiary/aromatic N) is 3. The van der Waals surface area contributed by atoms with Crippen LogP contribution in [0.2, 0.25) is 0 Å². The van der Waals surface area contributed by atoms with E-state index in [1.54, 1.807) is 13.1 Å². The summed E-state index contributed by atoms with van der Waals surface area (Å²) < 4.78 is 5.58. The minimum atomic E-state index is -0.290. The lowest BCUT2D eigenvalue weighted by Gasteiger charge is -2.04. The van der Waals surface area contributed by atoms with Gasteiger partial charge in [0.2, 0.25) is 5.95 Å². The minimum absolute atomic E-state index is 0.200. The molecule has 1 aromatic heterocycles. The highest BCUT2D eigenvalue weighted by atomic mass is 16.5. The number of H-pyrrole nitrogens is 1. The van der Waals surface area contributed by atoms with Gasteiger partial charge in [-0.1, -0.05) is 13.3 Å². The smallest absolute Gasteiger partial charge is 0.274 e. The summed E-state index contributed by atoms with van der Waals surface area (Å²) in [7, 11) is 0. The van der Waals surface area contributed by atoms with Crippen LogP contribution in [0.25, 0.3) is 0 Å². The molecule has 7 heteroatoms. The predicted octanol–water partition coefficient (Wildman–Crippen LogP) is 2.10. The number of aromatic nitrogens is 3. The fourth-order valence-corrected chi connectivity index (χ4v) is 1.60. The van der Waals surface area contributed by atoms with Crippen LogP contribution in [0.5, 0.6) is 5.75 Å². The topological polar surface area (TPSA) is 92.3 Å². The van der Waals surface area contributed by atoms with E-state index >= 15 is 0 Å². The summed E-state index contributed by atoms with van der Waals surface area (Å²) in [5.74, 6) is 1.04. The van der Waals surface area contributed by atoms with E-state index in [0.29, 0.717) is 5.69 Å². The van der Waals surface area contributed by atoms with Gasteiger partial charge in [-0.3, -0.25) is 9.78 Å². The molecule has 7 nitrogen and oxygen atoms in total. The largest absolute Gasteiger partial charge is 0.494 e. The maximum atomic E-state index is 11.4. The van der Waals surface area contributed by atoms with E-state index in [0.717, 1.165) is 30.8 Å². The normalized spacial score (nSPS) is 10.8. The van der Waals surface area contributed by atoms with Gasteiger partial charge in [-0.15, -0.1) is 10.2 Å². The Kier molecular flexibility index (Phi) is 5.65. The molecule has 0 aliphatic heterocycles. The molecule has 116 valence electrons. The van der Waals surface area contributed by atoms with Crippen LogP contribution in [-0.2, 0) is 0 Å². The van der Waals surface area contributed by atoms with Gasteiger partial charge in [-0.05, 0) is 43.2 Å². The third-order valence-electron chi connectivity index (χ3n) is 2.89. The van der Waals surface area contributed by atoms with Crippen molar-refractivity contribution in [3.63, 3.8) is 0 Å². The van der Waals surface area contributed by atoms with Gasteiger partial charge in [0.25, 0.3) is 5.56 Å². The van der Waals surface area contributed by atoms with Crippen molar-refractivity contribution < 1.29 is 4.74 Å². The Morgan fingerprint density at radius 3 is 2.77 bits per heavy atom. The zero-order valence-electron chi connectivity index (χ0n) is 12.7. The minimum Gasteiger partial charge on any atom is -0.494 e. The quantitative estimate of drug-likeness (QED) is 0.464.